The van der Waals surface area contributed by atoms with Crippen LogP contribution in [0.3, 0.4) is 0 Å². The lowest BCUT2D eigenvalue weighted by Crippen LogP contribution is -2.13. The SMILES string of the molecule is Cc1cccc(S(=O)(=O)Nc2ccc(C(=O)c3ccccc3)cc2)c1. The van der Waals surface area contributed by atoms with Crippen LogP contribution in [0.1, 0.15) is 21.5 Å². The Morgan fingerprint density at radius 2 is 1.44 bits per heavy atom. The molecule has 0 spiro atoms. The molecule has 3 rings (SSSR count). The number of rotatable bonds is 5. The zero-order chi connectivity index (χ0) is 17.9. The molecule has 0 amide bonds. The molecule has 25 heavy (non-hydrogen) atoms. The molecule has 0 saturated heterocycles. The summed E-state index contributed by atoms with van der Waals surface area (Å²) >= 11 is 0. The fourth-order valence-electron chi connectivity index (χ4n) is 2.44. The maximum absolute atomic E-state index is 12.4. The van der Waals surface area contributed by atoms with Crippen molar-refractivity contribution in [2.24, 2.45) is 0 Å². The van der Waals surface area contributed by atoms with Crippen molar-refractivity contribution in [1.82, 2.24) is 0 Å². The first-order valence-electron chi connectivity index (χ1n) is 7.75. The van der Waals surface area contributed by atoms with Crippen molar-refractivity contribution < 1.29 is 13.2 Å². The Morgan fingerprint density at radius 3 is 2.08 bits per heavy atom. The summed E-state index contributed by atoms with van der Waals surface area (Å²) in [5.41, 5.74) is 2.37. The molecule has 126 valence electrons. The van der Waals surface area contributed by atoms with Gasteiger partial charge in [0.2, 0.25) is 0 Å². The van der Waals surface area contributed by atoms with Crippen LogP contribution in [0, 0.1) is 6.92 Å². The minimum atomic E-state index is -3.66. The van der Waals surface area contributed by atoms with Crippen molar-refractivity contribution in [2.45, 2.75) is 11.8 Å². The number of sulfonamides is 1. The van der Waals surface area contributed by atoms with E-state index in [4.69, 9.17) is 0 Å². The average Bonchev–Trinajstić information content (AvgIpc) is 2.62. The lowest BCUT2D eigenvalue weighted by atomic mass is 10.0. The number of aryl methyl sites for hydroxylation is 1. The van der Waals surface area contributed by atoms with E-state index >= 15 is 0 Å². The number of hydrogen-bond donors (Lipinski definition) is 1. The zero-order valence-electron chi connectivity index (χ0n) is 13.6. The van der Waals surface area contributed by atoms with Gasteiger partial charge < -0.3 is 0 Å². The van der Waals surface area contributed by atoms with Gasteiger partial charge in [0.1, 0.15) is 0 Å². The highest BCUT2D eigenvalue weighted by atomic mass is 32.2. The maximum atomic E-state index is 12.4. The van der Waals surface area contributed by atoms with Gasteiger partial charge in [-0.05, 0) is 48.9 Å². The molecule has 0 heterocycles. The molecule has 1 N–H and O–H groups in total. The predicted octanol–water partition coefficient (Wildman–Crippen LogP) is 4.03. The molecule has 0 bridgehead atoms. The van der Waals surface area contributed by atoms with E-state index in [0.29, 0.717) is 16.8 Å². The van der Waals surface area contributed by atoms with Crippen molar-refractivity contribution in [1.29, 1.82) is 0 Å². The lowest BCUT2D eigenvalue weighted by Gasteiger charge is -2.09. The largest absolute Gasteiger partial charge is 0.289 e. The molecule has 3 aromatic carbocycles. The van der Waals surface area contributed by atoms with E-state index in [1.54, 1.807) is 66.7 Å². The molecule has 3 aromatic rings. The van der Waals surface area contributed by atoms with E-state index in [-0.39, 0.29) is 10.7 Å². The summed E-state index contributed by atoms with van der Waals surface area (Å²) in [4.78, 5) is 12.6. The van der Waals surface area contributed by atoms with Gasteiger partial charge in [-0.15, -0.1) is 0 Å². The molecule has 0 aliphatic heterocycles. The highest BCUT2D eigenvalue weighted by Crippen LogP contribution is 2.18. The van der Waals surface area contributed by atoms with Gasteiger partial charge in [-0.25, -0.2) is 8.42 Å². The molecule has 0 aromatic heterocycles. The lowest BCUT2D eigenvalue weighted by molar-refractivity contribution is 0.103. The number of carbonyl (C=O) groups is 1. The second-order valence-electron chi connectivity index (χ2n) is 5.69. The first kappa shape index (κ1) is 16.9. The van der Waals surface area contributed by atoms with Crippen LogP contribution in [-0.2, 0) is 10.0 Å². The highest BCUT2D eigenvalue weighted by Gasteiger charge is 2.15. The van der Waals surface area contributed by atoms with Gasteiger partial charge in [0.05, 0.1) is 4.90 Å². The summed E-state index contributed by atoms with van der Waals surface area (Å²) in [5, 5.41) is 0. The molecule has 0 aliphatic carbocycles. The van der Waals surface area contributed by atoms with E-state index in [0.717, 1.165) is 5.56 Å². The number of anilines is 1. The third kappa shape index (κ3) is 3.95. The Morgan fingerprint density at radius 1 is 0.800 bits per heavy atom. The van der Waals surface area contributed by atoms with E-state index in [2.05, 4.69) is 4.72 Å². The predicted molar refractivity (Wildman–Crippen MR) is 98.3 cm³/mol. The van der Waals surface area contributed by atoms with Crippen LogP contribution in [0.25, 0.3) is 0 Å². The molecule has 0 unspecified atom stereocenters. The minimum Gasteiger partial charge on any atom is -0.289 e. The smallest absolute Gasteiger partial charge is 0.261 e. The molecular weight excluding hydrogens is 334 g/mol. The van der Waals surface area contributed by atoms with Crippen LogP contribution < -0.4 is 4.72 Å². The third-order valence-corrected chi connectivity index (χ3v) is 5.11. The second-order valence-corrected chi connectivity index (χ2v) is 7.38. The molecule has 0 aliphatic rings. The summed E-state index contributed by atoms with van der Waals surface area (Å²) in [6.45, 7) is 1.84. The van der Waals surface area contributed by atoms with Gasteiger partial charge in [-0.2, -0.15) is 0 Å². The highest BCUT2D eigenvalue weighted by molar-refractivity contribution is 7.92. The van der Waals surface area contributed by atoms with Gasteiger partial charge in [0, 0.05) is 16.8 Å². The third-order valence-electron chi connectivity index (χ3n) is 3.74. The van der Waals surface area contributed by atoms with E-state index in [9.17, 15) is 13.2 Å². The molecule has 4 nitrogen and oxygen atoms in total. The Labute approximate surface area is 147 Å². The molecule has 0 fully saturated rings. The van der Waals surface area contributed by atoms with Crippen molar-refractivity contribution in [2.75, 3.05) is 4.72 Å². The fourth-order valence-corrected chi connectivity index (χ4v) is 3.61. The van der Waals surface area contributed by atoms with Gasteiger partial charge in [0.25, 0.3) is 10.0 Å². The Kier molecular flexibility index (Phi) is 4.67. The summed E-state index contributed by atoms with van der Waals surface area (Å²) in [6, 6.07) is 22.0. The number of ketones is 1. The summed E-state index contributed by atoms with van der Waals surface area (Å²) in [6.07, 6.45) is 0. The van der Waals surface area contributed by atoms with Crippen LogP contribution in [0.15, 0.2) is 83.8 Å². The van der Waals surface area contributed by atoms with Crippen LogP contribution >= 0.6 is 0 Å². The van der Waals surface area contributed by atoms with Gasteiger partial charge >= 0.3 is 0 Å². The quantitative estimate of drug-likeness (QED) is 0.706. The molecule has 0 radical (unpaired) electrons. The maximum Gasteiger partial charge on any atom is 0.261 e. The van der Waals surface area contributed by atoms with Gasteiger partial charge in [-0.3, -0.25) is 9.52 Å². The normalized spacial score (nSPS) is 11.1. The van der Waals surface area contributed by atoms with E-state index in [1.807, 2.05) is 19.1 Å². The number of hydrogen-bond acceptors (Lipinski definition) is 3. The number of carbonyl (C=O) groups excluding carboxylic acids is 1. The van der Waals surface area contributed by atoms with Crippen molar-refractivity contribution in [3.05, 3.63) is 95.6 Å². The molecule has 5 heteroatoms. The Bertz CT molecular complexity index is 995. The van der Waals surface area contributed by atoms with Gasteiger partial charge in [0.15, 0.2) is 5.78 Å². The van der Waals surface area contributed by atoms with Gasteiger partial charge in [-0.1, -0.05) is 42.5 Å². The zero-order valence-corrected chi connectivity index (χ0v) is 14.5. The summed E-state index contributed by atoms with van der Waals surface area (Å²) in [5.74, 6) is -0.103. The van der Waals surface area contributed by atoms with Crippen LogP contribution in [0.4, 0.5) is 5.69 Å². The fraction of sp³-hybridized carbons (Fsp3) is 0.0500. The topological polar surface area (TPSA) is 63.2 Å². The first-order valence-corrected chi connectivity index (χ1v) is 9.23. The summed E-state index contributed by atoms with van der Waals surface area (Å²) in [7, 11) is -3.66. The number of benzene rings is 3. The standard InChI is InChI=1S/C20H17NO3S/c1-15-6-5-9-19(14-15)25(23,24)21-18-12-10-17(11-13-18)20(22)16-7-3-2-4-8-16/h2-14,21H,1H3. The monoisotopic (exact) mass is 351 g/mol. The first-order chi connectivity index (χ1) is 12.0. The van der Waals surface area contributed by atoms with E-state index in [1.165, 1.54) is 0 Å². The molecular formula is C20H17NO3S. The number of nitrogens with one attached hydrogen (secondary N) is 1. The van der Waals surface area contributed by atoms with Crippen molar-refractivity contribution in [3.8, 4) is 0 Å². The van der Waals surface area contributed by atoms with Crippen molar-refractivity contribution in [3.63, 3.8) is 0 Å². The van der Waals surface area contributed by atoms with Crippen molar-refractivity contribution >= 4 is 21.5 Å². The summed E-state index contributed by atoms with van der Waals surface area (Å²) < 4.78 is 27.4. The molecule has 0 saturated carbocycles. The Hall–Kier alpha value is -2.92. The second kappa shape index (κ2) is 6.91. The van der Waals surface area contributed by atoms with Crippen LogP contribution in [-0.4, -0.2) is 14.2 Å². The minimum absolute atomic E-state index is 0.103. The van der Waals surface area contributed by atoms with Crippen LogP contribution in [0.2, 0.25) is 0 Å². The average molecular weight is 351 g/mol. The van der Waals surface area contributed by atoms with Crippen LogP contribution in [0.5, 0.6) is 0 Å². The Balaban J connectivity index is 1.80. The van der Waals surface area contributed by atoms with E-state index < -0.39 is 10.0 Å². The molecule has 0 atom stereocenters.